The first-order valence-corrected chi connectivity index (χ1v) is 6.81. The molecule has 5 nitrogen and oxygen atoms in total. The van der Waals surface area contributed by atoms with Gasteiger partial charge in [0.2, 0.25) is 0 Å². The Hall–Kier alpha value is -3.03. The molecule has 0 saturated carbocycles. The SMILES string of the molecule is COc1cc2c(=O)[nH]c(-c3cccc(F)c3)nc2cc1OC(F)F. The molecule has 3 rings (SSSR count). The van der Waals surface area contributed by atoms with Crippen LogP contribution in [0.3, 0.4) is 0 Å². The number of hydrogen-bond acceptors (Lipinski definition) is 4. The smallest absolute Gasteiger partial charge is 0.387 e. The van der Waals surface area contributed by atoms with Gasteiger partial charge in [0.15, 0.2) is 11.5 Å². The summed E-state index contributed by atoms with van der Waals surface area (Å²) in [7, 11) is 1.27. The van der Waals surface area contributed by atoms with Crippen LogP contribution in [0.5, 0.6) is 11.5 Å². The monoisotopic (exact) mass is 336 g/mol. The van der Waals surface area contributed by atoms with E-state index in [1.165, 1.54) is 37.4 Å². The Bertz CT molecular complexity index is 957. The number of halogens is 3. The van der Waals surface area contributed by atoms with E-state index < -0.39 is 18.0 Å². The van der Waals surface area contributed by atoms with Gasteiger partial charge >= 0.3 is 6.61 Å². The molecule has 0 amide bonds. The van der Waals surface area contributed by atoms with Crippen LogP contribution in [0.25, 0.3) is 22.3 Å². The van der Waals surface area contributed by atoms with Crippen LogP contribution >= 0.6 is 0 Å². The summed E-state index contributed by atoms with van der Waals surface area (Å²) in [6.45, 7) is -3.05. The normalized spacial score (nSPS) is 11.0. The lowest BCUT2D eigenvalue weighted by molar-refractivity contribution is -0.0511. The van der Waals surface area contributed by atoms with Crippen LogP contribution in [-0.4, -0.2) is 23.7 Å². The lowest BCUT2D eigenvalue weighted by Gasteiger charge is -2.11. The number of alkyl halides is 2. The molecule has 3 aromatic rings. The predicted octanol–water partition coefficient (Wildman–Crippen LogP) is 3.34. The van der Waals surface area contributed by atoms with Crippen LogP contribution in [0.4, 0.5) is 13.2 Å². The maximum Gasteiger partial charge on any atom is 0.387 e. The molecule has 0 unspecified atom stereocenters. The first kappa shape index (κ1) is 15.9. The lowest BCUT2D eigenvalue weighted by atomic mass is 10.1. The van der Waals surface area contributed by atoms with Crippen LogP contribution in [0.15, 0.2) is 41.2 Å². The highest BCUT2D eigenvalue weighted by Gasteiger charge is 2.15. The molecule has 1 aromatic heterocycles. The second kappa shape index (κ2) is 6.23. The molecule has 0 aliphatic rings. The fourth-order valence-electron chi connectivity index (χ4n) is 2.27. The Labute approximate surface area is 133 Å². The third kappa shape index (κ3) is 3.03. The number of methoxy groups -OCH3 is 1. The zero-order valence-corrected chi connectivity index (χ0v) is 12.3. The highest BCUT2D eigenvalue weighted by molar-refractivity contribution is 5.83. The van der Waals surface area contributed by atoms with Crippen LogP contribution in [0.1, 0.15) is 0 Å². The van der Waals surface area contributed by atoms with E-state index in [1.807, 2.05) is 0 Å². The van der Waals surface area contributed by atoms with E-state index in [0.717, 1.165) is 0 Å². The predicted molar refractivity (Wildman–Crippen MR) is 80.9 cm³/mol. The number of H-pyrrole nitrogens is 1. The molecular weight excluding hydrogens is 325 g/mol. The summed E-state index contributed by atoms with van der Waals surface area (Å²) in [6, 6.07) is 7.92. The van der Waals surface area contributed by atoms with Gasteiger partial charge in [0.1, 0.15) is 11.6 Å². The van der Waals surface area contributed by atoms with E-state index >= 15 is 0 Å². The maximum absolute atomic E-state index is 13.3. The second-order valence-electron chi connectivity index (χ2n) is 4.82. The zero-order chi connectivity index (χ0) is 17.3. The third-order valence-corrected chi connectivity index (χ3v) is 3.30. The number of aromatic nitrogens is 2. The average molecular weight is 336 g/mol. The van der Waals surface area contributed by atoms with Gasteiger partial charge in [-0.2, -0.15) is 8.78 Å². The van der Waals surface area contributed by atoms with Crippen LogP contribution in [-0.2, 0) is 0 Å². The molecule has 2 aromatic carbocycles. The molecule has 0 bridgehead atoms. The van der Waals surface area contributed by atoms with Crippen molar-refractivity contribution >= 4 is 10.9 Å². The Morgan fingerprint density at radius 2 is 1.96 bits per heavy atom. The molecule has 24 heavy (non-hydrogen) atoms. The third-order valence-electron chi connectivity index (χ3n) is 3.30. The van der Waals surface area contributed by atoms with Crippen molar-refractivity contribution < 1.29 is 22.6 Å². The summed E-state index contributed by atoms with van der Waals surface area (Å²) in [5, 5.41) is 0.133. The molecule has 1 N–H and O–H groups in total. The molecule has 0 spiro atoms. The molecule has 0 radical (unpaired) electrons. The Balaban J connectivity index is 2.21. The van der Waals surface area contributed by atoms with Gasteiger partial charge in [-0.05, 0) is 18.2 Å². The molecular formula is C16H11F3N2O3. The van der Waals surface area contributed by atoms with E-state index in [-0.39, 0.29) is 28.2 Å². The molecule has 0 fully saturated rings. The highest BCUT2D eigenvalue weighted by atomic mass is 19.3. The summed E-state index contributed by atoms with van der Waals surface area (Å²) >= 11 is 0. The number of ether oxygens (including phenoxy) is 2. The van der Waals surface area contributed by atoms with E-state index in [4.69, 9.17) is 4.74 Å². The highest BCUT2D eigenvalue weighted by Crippen LogP contribution is 2.32. The minimum Gasteiger partial charge on any atom is -0.493 e. The first-order valence-electron chi connectivity index (χ1n) is 6.81. The van der Waals surface area contributed by atoms with Crippen molar-refractivity contribution in [3.8, 4) is 22.9 Å². The molecule has 0 saturated heterocycles. The Morgan fingerprint density at radius 3 is 2.62 bits per heavy atom. The number of nitrogens with zero attached hydrogens (tertiary/aromatic N) is 1. The first-order chi connectivity index (χ1) is 11.5. The van der Waals surface area contributed by atoms with E-state index in [9.17, 15) is 18.0 Å². The second-order valence-corrected chi connectivity index (χ2v) is 4.82. The van der Waals surface area contributed by atoms with Crippen molar-refractivity contribution in [2.24, 2.45) is 0 Å². The minimum absolute atomic E-state index is 0.0198. The van der Waals surface area contributed by atoms with Crippen molar-refractivity contribution in [2.45, 2.75) is 6.61 Å². The van der Waals surface area contributed by atoms with Crippen molar-refractivity contribution in [3.05, 3.63) is 52.6 Å². The largest absolute Gasteiger partial charge is 0.493 e. The lowest BCUT2D eigenvalue weighted by Crippen LogP contribution is -2.11. The number of nitrogens with one attached hydrogen (secondary N) is 1. The topological polar surface area (TPSA) is 64.2 Å². The minimum atomic E-state index is -3.05. The van der Waals surface area contributed by atoms with Crippen molar-refractivity contribution in [1.82, 2.24) is 9.97 Å². The van der Waals surface area contributed by atoms with E-state index in [0.29, 0.717) is 5.56 Å². The fourth-order valence-corrected chi connectivity index (χ4v) is 2.27. The van der Waals surface area contributed by atoms with Gasteiger partial charge in [0, 0.05) is 11.6 Å². The number of rotatable bonds is 4. The number of hydrogen-bond donors (Lipinski definition) is 1. The Kier molecular flexibility index (Phi) is 4.11. The summed E-state index contributed by atoms with van der Waals surface area (Å²) in [5.41, 5.74) is -0.0447. The van der Waals surface area contributed by atoms with Crippen molar-refractivity contribution in [3.63, 3.8) is 0 Å². The fraction of sp³-hybridized carbons (Fsp3) is 0.125. The number of benzene rings is 2. The molecule has 0 atom stereocenters. The van der Waals surface area contributed by atoms with Gasteiger partial charge in [-0.15, -0.1) is 0 Å². The van der Waals surface area contributed by atoms with E-state index in [1.54, 1.807) is 6.07 Å². The van der Waals surface area contributed by atoms with Crippen LogP contribution in [0, 0.1) is 5.82 Å². The quantitative estimate of drug-likeness (QED) is 0.794. The number of aromatic amines is 1. The molecule has 0 aliphatic carbocycles. The van der Waals surface area contributed by atoms with Crippen molar-refractivity contribution in [2.75, 3.05) is 7.11 Å². The van der Waals surface area contributed by atoms with Gasteiger partial charge in [-0.25, -0.2) is 9.37 Å². The standard InChI is InChI=1S/C16H11F3N2O3/c1-23-12-6-10-11(7-13(12)24-16(18)19)20-14(21-15(10)22)8-3-2-4-9(17)5-8/h2-7,16H,1H3,(H,20,21,22). The summed E-state index contributed by atoms with van der Waals surface area (Å²) in [5.74, 6) is -0.649. The Morgan fingerprint density at radius 1 is 1.17 bits per heavy atom. The zero-order valence-electron chi connectivity index (χ0n) is 12.3. The van der Waals surface area contributed by atoms with Crippen LogP contribution in [0.2, 0.25) is 0 Å². The van der Waals surface area contributed by atoms with Gasteiger partial charge in [0.25, 0.3) is 5.56 Å². The average Bonchev–Trinajstić information content (AvgIpc) is 2.53. The van der Waals surface area contributed by atoms with Gasteiger partial charge in [0.05, 0.1) is 18.0 Å². The van der Waals surface area contributed by atoms with Gasteiger partial charge < -0.3 is 14.5 Å². The molecule has 124 valence electrons. The summed E-state index contributed by atoms with van der Waals surface area (Å²) < 4.78 is 47.7. The van der Waals surface area contributed by atoms with E-state index in [2.05, 4.69) is 14.7 Å². The molecule has 8 heteroatoms. The van der Waals surface area contributed by atoms with Crippen LogP contribution < -0.4 is 15.0 Å². The summed E-state index contributed by atoms with van der Waals surface area (Å²) in [4.78, 5) is 18.9. The summed E-state index contributed by atoms with van der Waals surface area (Å²) in [6.07, 6.45) is 0. The molecule has 0 aliphatic heterocycles. The number of fused-ring (bicyclic) bond motifs is 1. The van der Waals surface area contributed by atoms with Crippen molar-refractivity contribution in [1.29, 1.82) is 0 Å². The van der Waals surface area contributed by atoms with Gasteiger partial charge in [-0.1, -0.05) is 12.1 Å². The molecule has 1 heterocycles. The van der Waals surface area contributed by atoms with Gasteiger partial charge in [-0.3, -0.25) is 4.79 Å². The maximum atomic E-state index is 13.3.